The molecule has 114 valence electrons. The second kappa shape index (κ2) is 5.89. The molecule has 6 nitrogen and oxygen atoms in total. The van der Waals surface area contributed by atoms with E-state index in [1.54, 1.807) is 6.07 Å². The van der Waals surface area contributed by atoms with E-state index in [9.17, 15) is 10.1 Å². The summed E-state index contributed by atoms with van der Waals surface area (Å²) >= 11 is 0. The molecule has 0 unspecified atom stereocenters. The second-order valence-corrected chi connectivity index (χ2v) is 5.57. The van der Waals surface area contributed by atoms with Gasteiger partial charge in [0.05, 0.1) is 11.5 Å². The summed E-state index contributed by atoms with van der Waals surface area (Å²) in [6, 6.07) is 6.09. The van der Waals surface area contributed by atoms with Crippen LogP contribution in [-0.4, -0.2) is 48.7 Å². The number of para-hydroxylation sites is 1. The minimum atomic E-state index is -0.326. The maximum atomic E-state index is 11.4. The van der Waals surface area contributed by atoms with Gasteiger partial charge in [0.2, 0.25) is 0 Å². The number of ether oxygens (including phenoxy) is 1. The maximum Gasteiger partial charge on any atom is 0.333 e. The summed E-state index contributed by atoms with van der Waals surface area (Å²) in [6.45, 7) is 5.92. The van der Waals surface area contributed by atoms with Gasteiger partial charge in [0.1, 0.15) is 5.69 Å². The maximum absolute atomic E-state index is 11.4. The lowest BCUT2D eigenvalue weighted by molar-refractivity contribution is -0.385. The molecule has 0 spiro atoms. The first kappa shape index (κ1) is 14.1. The van der Waals surface area contributed by atoms with Gasteiger partial charge >= 0.3 is 5.69 Å². The molecule has 6 heteroatoms. The average molecular weight is 291 g/mol. The van der Waals surface area contributed by atoms with E-state index in [1.807, 2.05) is 19.1 Å². The van der Waals surface area contributed by atoms with Crippen LogP contribution in [0.15, 0.2) is 18.2 Å². The van der Waals surface area contributed by atoms with Crippen LogP contribution in [0.4, 0.5) is 11.4 Å². The molecule has 0 bridgehead atoms. The van der Waals surface area contributed by atoms with Crippen molar-refractivity contribution < 1.29 is 9.66 Å². The number of benzene rings is 1. The molecule has 1 saturated heterocycles. The van der Waals surface area contributed by atoms with E-state index in [0.29, 0.717) is 18.0 Å². The quantitative estimate of drug-likeness (QED) is 0.615. The zero-order chi connectivity index (χ0) is 14.8. The van der Waals surface area contributed by atoms with Gasteiger partial charge in [0, 0.05) is 32.2 Å². The number of anilines is 1. The molecule has 0 aromatic heterocycles. The van der Waals surface area contributed by atoms with Crippen LogP contribution in [0.1, 0.15) is 19.8 Å². The lowest BCUT2D eigenvalue weighted by Crippen LogP contribution is -2.47. The van der Waals surface area contributed by atoms with E-state index in [-0.39, 0.29) is 10.6 Å². The van der Waals surface area contributed by atoms with Gasteiger partial charge in [-0.3, -0.25) is 15.0 Å². The summed E-state index contributed by atoms with van der Waals surface area (Å²) in [7, 11) is 0. The lowest BCUT2D eigenvalue weighted by Gasteiger charge is -2.36. The Hall–Kier alpha value is -1.82. The normalized spacial score (nSPS) is 19.6. The van der Waals surface area contributed by atoms with Crippen molar-refractivity contribution >= 4 is 11.4 Å². The van der Waals surface area contributed by atoms with Crippen LogP contribution in [0.25, 0.3) is 0 Å². The smallest absolute Gasteiger partial charge is 0.333 e. The molecule has 2 fully saturated rings. The molecule has 1 aliphatic carbocycles. The molecule has 21 heavy (non-hydrogen) atoms. The van der Waals surface area contributed by atoms with Gasteiger partial charge in [0.25, 0.3) is 0 Å². The Labute approximate surface area is 124 Å². The van der Waals surface area contributed by atoms with Crippen LogP contribution in [0.5, 0.6) is 5.75 Å². The van der Waals surface area contributed by atoms with Crippen LogP contribution in [0, 0.1) is 10.1 Å². The van der Waals surface area contributed by atoms with Crippen molar-refractivity contribution in [1.82, 2.24) is 4.90 Å². The molecule has 0 radical (unpaired) electrons. The molecule has 3 rings (SSSR count). The fraction of sp³-hybridized carbons (Fsp3) is 0.600. The summed E-state index contributed by atoms with van der Waals surface area (Å²) < 4.78 is 5.42. The first-order valence-electron chi connectivity index (χ1n) is 7.60. The van der Waals surface area contributed by atoms with E-state index in [2.05, 4.69) is 9.80 Å². The Balaban J connectivity index is 1.80. The number of hydrogen-bond donors (Lipinski definition) is 0. The average Bonchev–Trinajstić information content (AvgIpc) is 3.32. The zero-order valence-electron chi connectivity index (χ0n) is 12.3. The third-order valence-electron chi connectivity index (χ3n) is 4.18. The molecule has 0 amide bonds. The second-order valence-electron chi connectivity index (χ2n) is 5.57. The topological polar surface area (TPSA) is 58.8 Å². The van der Waals surface area contributed by atoms with Gasteiger partial charge in [-0.2, -0.15) is 0 Å². The highest BCUT2D eigenvalue weighted by Crippen LogP contribution is 2.38. The van der Waals surface area contributed by atoms with Crippen LogP contribution >= 0.6 is 0 Å². The molecule has 0 atom stereocenters. The van der Waals surface area contributed by atoms with Crippen molar-refractivity contribution in [3.8, 4) is 5.75 Å². The molecule has 1 aromatic carbocycles. The van der Waals surface area contributed by atoms with Crippen LogP contribution in [0.3, 0.4) is 0 Å². The van der Waals surface area contributed by atoms with Crippen molar-refractivity contribution in [3.05, 3.63) is 28.3 Å². The number of nitrogens with zero attached hydrogens (tertiary/aromatic N) is 3. The standard InChI is InChI=1S/C15H21N3O3/c1-2-21-14-5-3-4-13(15(14)18(19)20)17-10-8-16(9-11-17)12-6-7-12/h3-5,12H,2,6-11H2,1H3. The monoisotopic (exact) mass is 291 g/mol. The van der Waals surface area contributed by atoms with Gasteiger partial charge in [0.15, 0.2) is 5.75 Å². The number of rotatable bonds is 5. The van der Waals surface area contributed by atoms with Crippen molar-refractivity contribution in [2.24, 2.45) is 0 Å². The van der Waals surface area contributed by atoms with E-state index < -0.39 is 0 Å². The lowest BCUT2D eigenvalue weighted by atomic mass is 10.2. The fourth-order valence-electron chi connectivity index (χ4n) is 2.99. The summed E-state index contributed by atoms with van der Waals surface area (Å²) in [4.78, 5) is 15.7. The molecule has 1 saturated carbocycles. The number of nitro benzene ring substituents is 1. The number of hydrogen-bond acceptors (Lipinski definition) is 5. The van der Waals surface area contributed by atoms with E-state index in [0.717, 1.165) is 32.2 Å². The summed E-state index contributed by atoms with van der Waals surface area (Å²) in [5.74, 6) is 0.365. The van der Waals surface area contributed by atoms with Crippen LogP contribution in [0.2, 0.25) is 0 Å². The minimum Gasteiger partial charge on any atom is -0.487 e. The highest BCUT2D eigenvalue weighted by molar-refractivity contribution is 5.70. The van der Waals surface area contributed by atoms with Crippen molar-refractivity contribution in [2.45, 2.75) is 25.8 Å². The predicted molar refractivity (Wildman–Crippen MR) is 81.1 cm³/mol. The van der Waals surface area contributed by atoms with Crippen molar-refractivity contribution in [1.29, 1.82) is 0 Å². The fourth-order valence-corrected chi connectivity index (χ4v) is 2.99. The minimum absolute atomic E-state index is 0.0965. The van der Waals surface area contributed by atoms with Crippen molar-refractivity contribution in [2.75, 3.05) is 37.7 Å². The highest BCUT2D eigenvalue weighted by atomic mass is 16.6. The summed E-state index contributed by atoms with van der Waals surface area (Å²) in [5, 5.41) is 11.4. The number of nitro groups is 1. The molecule has 2 aliphatic rings. The van der Waals surface area contributed by atoms with Crippen LogP contribution in [-0.2, 0) is 0 Å². The molecule has 1 heterocycles. The zero-order valence-corrected chi connectivity index (χ0v) is 12.3. The van der Waals surface area contributed by atoms with Gasteiger partial charge in [-0.05, 0) is 31.9 Å². The third-order valence-corrected chi connectivity index (χ3v) is 4.18. The van der Waals surface area contributed by atoms with E-state index in [1.165, 1.54) is 12.8 Å². The SMILES string of the molecule is CCOc1cccc(N2CCN(C3CC3)CC2)c1[N+](=O)[O-]. The first-order valence-corrected chi connectivity index (χ1v) is 7.60. The van der Waals surface area contributed by atoms with Gasteiger partial charge in [-0.1, -0.05) is 6.07 Å². The van der Waals surface area contributed by atoms with Crippen LogP contribution < -0.4 is 9.64 Å². The predicted octanol–water partition coefficient (Wildman–Crippen LogP) is 2.28. The van der Waals surface area contributed by atoms with E-state index >= 15 is 0 Å². The number of piperazine rings is 1. The molecular formula is C15H21N3O3. The molecule has 1 aliphatic heterocycles. The Morgan fingerprint density at radius 3 is 2.57 bits per heavy atom. The summed E-state index contributed by atoms with van der Waals surface area (Å²) in [5.41, 5.74) is 0.778. The Morgan fingerprint density at radius 2 is 2.00 bits per heavy atom. The van der Waals surface area contributed by atoms with Crippen molar-refractivity contribution in [3.63, 3.8) is 0 Å². The largest absolute Gasteiger partial charge is 0.487 e. The Morgan fingerprint density at radius 1 is 1.29 bits per heavy atom. The Kier molecular flexibility index (Phi) is 3.96. The molecule has 1 aromatic rings. The van der Waals surface area contributed by atoms with Gasteiger partial charge in [-0.25, -0.2) is 0 Å². The Bertz CT molecular complexity index is 523. The van der Waals surface area contributed by atoms with Gasteiger partial charge in [-0.15, -0.1) is 0 Å². The molecule has 0 N–H and O–H groups in total. The first-order chi connectivity index (χ1) is 10.2. The van der Waals surface area contributed by atoms with E-state index in [4.69, 9.17) is 4.74 Å². The highest BCUT2D eigenvalue weighted by Gasteiger charge is 2.33. The third kappa shape index (κ3) is 2.95. The summed E-state index contributed by atoms with van der Waals surface area (Å²) in [6.07, 6.45) is 2.61. The molecular weight excluding hydrogens is 270 g/mol. The van der Waals surface area contributed by atoms with Gasteiger partial charge < -0.3 is 9.64 Å².